The number of carbonyl (C=O) groups excluding carboxylic acids is 1. The molecule has 0 aromatic rings. The molecule has 0 aliphatic heterocycles. The Kier molecular flexibility index (Phi) is 4.55. The Morgan fingerprint density at radius 3 is 2.00 bits per heavy atom. The van der Waals surface area contributed by atoms with E-state index >= 15 is 0 Å². The van der Waals surface area contributed by atoms with Gasteiger partial charge in [0.2, 0.25) is 0 Å². The fourth-order valence-electron chi connectivity index (χ4n) is 0.789. The van der Waals surface area contributed by atoms with Crippen LogP contribution in [0.4, 0.5) is 0 Å². The molecule has 0 saturated carbocycles. The van der Waals surface area contributed by atoms with Gasteiger partial charge in [-0.2, -0.15) is 0 Å². The summed E-state index contributed by atoms with van der Waals surface area (Å²) in [5.41, 5.74) is 0.395. The van der Waals surface area contributed by atoms with E-state index in [4.69, 9.17) is 0 Å². The van der Waals surface area contributed by atoms with Crippen molar-refractivity contribution in [2.75, 3.05) is 0 Å². The molecule has 0 bridgehead atoms. The number of hydrogen-bond acceptors (Lipinski definition) is 1. The quantitative estimate of drug-likeness (QED) is 0.559. The van der Waals surface area contributed by atoms with Crippen molar-refractivity contribution in [3.05, 3.63) is 0 Å². The maximum atomic E-state index is 11.3. The highest BCUT2D eigenvalue weighted by Crippen LogP contribution is 2.06. The van der Waals surface area contributed by atoms with Gasteiger partial charge < -0.3 is 4.79 Å². The second kappa shape index (κ2) is 4.63. The van der Waals surface area contributed by atoms with Gasteiger partial charge in [0, 0.05) is 5.92 Å². The summed E-state index contributed by atoms with van der Waals surface area (Å²) in [5.74, 6) is 0.828. The van der Waals surface area contributed by atoms with E-state index in [9.17, 15) is 4.79 Å². The standard InChI is InChI=1S/C8H18B2O/c1-6(2)8(11)9-10(5)7(3)4/h6-7,9H,1-5H3. The van der Waals surface area contributed by atoms with Crippen molar-refractivity contribution in [1.29, 1.82) is 0 Å². The summed E-state index contributed by atoms with van der Waals surface area (Å²) in [6.07, 6.45) is 0. The number of hydrogen-bond donors (Lipinski definition) is 0. The number of rotatable bonds is 4. The highest BCUT2D eigenvalue weighted by Gasteiger charge is 2.19. The molecule has 0 aliphatic carbocycles. The van der Waals surface area contributed by atoms with Gasteiger partial charge in [-0.3, -0.25) is 0 Å². The van der Waals surface area contributed by atoms with Gasteiger partial charge in [-0.25, -0.2) is 0 Å². The Morgan fingerprint density at radius 1 is 1.27 bits per heavy atom. The van der Waals surface area contributed by atoms with Crippen LogP contribution in [0.3, 0.4) is 0 Å². The summed E-state index contributed by atoms with van der Waals surface area (Å²) in [6.45, 7) is 10.9. The Bertz CT molecular complexity index is 132. The molecule has 0 aromatic carbocycles. The zero-order chi connectivity index (χ0) is 9.02. The molecule has 62 valence electrons. The van der Waals surface area contributed by atoms with E-state index in [0.717, 1.165) is 7.17 Å². The fraction of sp³-hybridized carbons (Fsp3) is 0.875. The third-order valence-electron chi connectivity index (χ3n) is 2.31. The normalized spacial score (nSPS) is 10.5. The minimum atomic E-state index is 0.205. The maximum Gasteiger partial charge on any atom is 0.175 e. The predicted octanol–water partition coefficient (Wildman–Crippen LogP) is 1.64. The van der Waals surface area contributed by atoms with Crippen LogP contribution in [0.25, 0.3) is 0 Å². The van der Waals surface area contributed by atoms with E-state index in [1.807, 2.05) is 13.8 Å². The lowest BCUT2D eigenvalue weighted by molar-refractivity contribution is -0.114. The van der Waals surface area contributed by atoms with E-state index in [-0.39, 0.29) is 5.92 Å². The van der Waals surface area contributed by atoms with E-state index in [1.54, 1.807) is 0 Å². The zero-order valence-electron chi connectivity index (χ0n) is 8.35. The van der Waals surface area contributed by atoms with Crippen molar-refractivity contribution >= 4 is 19.5 Å². The van der Waals surface area contributed by atoms with Gasteiger partial charge >= 0.3 is 0 Å². The molecule has 0 heterocycles. The molecule has 0 amide bonds. The highest BCUT2D eigenvalue weighted by atomic mass is 16.1. The maximum absolute atomic E-state index is 11.3. The number of carbonyl (C=O) groups is 1. The largest absolute Gasteiger partial charge is 0.312 e. The van der Waals surface area contributed by atoms with Crippen LogP contribution in [0.15, 0.2) is 0 Å². The Balaban J connectivity index is 3.76. The van der Waals surface area contributed by atoms with Gasteiger partial charge in [-0.05, 0) is 0 Å². The first kappa shape index (κ1) is 10.8. The summed E-state index contributed by atoms with van der Waals surface area (Å²) in [6, 6.07) is 0. The van der Waals surface area contributed by atoms with Crippen LogP contribution in [-0.4, -0.2) is 19.5 Å². The smallest absolute Gasteiger partial charge is 0.175 e. The molecule has 0 saturated heterocycles. The second-order valence-electron chi connectivity index (χ2n) is 4.05. The van der Waals surface area contributed by atoms with Crippen molar-refractivity contribution in [1.82, 2.24) is 0 Å². The summed E-state index contributed by atoms with van der Waals surface area (Å²) in [7, 11) is 0.745. The fourth-order valence-corrected chi connectivity index (χ4v) is 0.789. The van der Waals surface area contributed by atoms with Crippen LogP contribution in [0.5, 0.6) is 0 Å². The Labute approximate surface area is 71.2 Å². The SMILES string of the molecule is CB(BC(=O)C(C)C)C(C)C. The average Bonchev–Trinajstić information content (AvgIpc) is 1.87. The van der Waals surface area contributed by atoms with E-state index in [0.29, 0.717) is 18.1 Å². The van der Waals surface area contributed by atoms with E-state index in [2.05, 4.69) is 20.7 Å². The Hall–Kier alpha value is -0.200. The van der Waals surface area contributed by atoms with Gasteiger partial charge in [0.05, 0.1) is 5.68 Å². The second-order valence-corrected chi connectivity index (χ2v) is 4.05. The molecular formula is C8H18B2O. The molecule has 0 aromatic heterocycles. The highest BCUT2D eigenvalue weighted by molar-refractivity contribution is 7.24. The lowest BCUT2D eigenvalue weighted by Crippen LogP contribution is -2.31. The lowest BCUT2D eigenvalue weighted by atomic mass is 9.17. The van der Waals surface area contributed by atoms with Crippen LogP contribution in [0, 0.1) is 5.92 Å². The minimum absolute atomic E-state index is 0.205. The van der Waals surface area contributed by atoms with E-state index in [1.165, 1.54) is 0 Å². The molecular weight excluding hydrogens is 134 g/mol. The average molecular weight is 152 g/mol. The monoisotopic (exact) mass is 152 g/mol. The van der Waals surface area contributed by atoms with Crippen LogP contribution < -0.4 is 0 Å². The topological polar surface area (TPSA) is 17.1 Å². The van der Waals surface area contributed by atoms with Crippen LogP contribution in [0.2, 0.25) is 12.6 Å². The molecule has 0 radical (unpaired) electrons. The first-order valence-electron chi connectivity index (χ1n) is 4.47. The molecule has 0 unspecified atom stereocenters. The molecule has 0 rings (SSSR count). The first-order chi connectivity index (χ1) is 4.95. The molecule has 0 aliphatic rings. The van der Waals surface area contributed by atoms with Crippen molar-refractivity contribution < 1.29 is 4.79 Å². The summed E-state index contributed by atoms with van der Waals surface area (Å²) >= 11 is 0. The summed E-state index contributed by atoms with van der Waals surface area (Å²) in [4.78, 5) is 11.3. The predicted molar refractivity (Wildman–Crippen MR) is 53.7 cm³/mol. The lowest BCUT2D eigenvalue weighted by Gasteiger charge is -2.10. The van der Waals surface area contributed by atoms with Gasteiger partial charge in [-0.15, -0.1) is 0 Å². The van der Waals surface area contributed by atoms with Crippen molar-refractivity contribution in [3.63, 3.8) is 0 Å². The van der Waals surface area contributed by atoms with Gasteiger partial charge in [0.25, 0.3) is 0 Å². The third kappa shape index (κ3) is 4.28. The molecule has 1 nitrogen and oxygen atoms in total. The van der Waals surface area contributed by atoms with Crippen LogP contribution in [0.1, 0.15) is 27.7 Å². The Morgan fingerprint density at radius 2 is 1.73 bits per heavy atom. The molecule has 11 heavy (non-hydrogen) atoms. The minimum Gasteiger partial charge on any atom is -0.312 e. The van der Waals surface area contributed by atoms with Gasteiger partial charge in [-0.1, -0.05) is 40.3 Å². The van der Waals surface area contributed by atoms with Crippen molar-refractivity contribution in [2.45, 2.75) is 40.3 Å². The molecule has 0 fully saturated rings. The van der Waals surface area contributed by atoms with Gasteiger partial charge in [0.1, 0.15) is 6.60 Å². The van der Waals surface area contributed by atoms with Crippen molar-refractivity contribution in [2.24, 2.45) is 5.92 Å². The third-order valence-corrected chi connectivity index (χ3v) is 2.31. The molecule has 0 spiro atoms. The molecule has 3 heteroatoms. The van der Waals surface area contributed by atoms with Crippen molar-refractivity contribution in [3.8, 4) is 0 Å². The molecule has 0 atom stereocenters. The molecule has 0 N–H and O–H groups in total. The first-order valence-corrected chi connectivity index (χ1v) is 4.47. The summed E-state index contributed by atoms with van der Waals surface area (Å²) in [5, 5.41) is 0. The van der Waals surface area contributed by atoms with Gasteiger partial charge in [0.15, 0.2) is 7.17 Å². The summed E-state index contributed by atoms with van der Waals surface area (Å²) < 4.78 is 0. The van der Waals surface area contributed by atoms with E-state index < -0.39 is 0 Å². The zero-order valence-corrected chi connectivity index (χ0v) is 8.35. The van der Waals surface area contributed by atoms with Crippen LogP contribution in [-0.2, 0) is 4.79 Å². The van der Waals surface area contributed by atoms with Crippen LogP contribution >= 0.6 is 0 Å².